The highest BCUT2D eigenvalue weighted by molar-refractivity contribution is 5.97. The van der Waals surface area contributed by atoms with Gasteiger partial charge in [-0.05, 0) is 24.6 Å². The first-order valence-electron chi connectivity index (χ1n) is 6.97. The van der Waals surface area contributed by atoms with Gasteiger partial charge in [0.05, 0.1) is 17.4 Å². The number of hydrogen-bond donors (Lipinski definition) is 2. The number of amides is 1. The Morgan fingerprint density at radius 2 is 2.04 bits per heavy atom. The number of carbonyl (C=O) groups excluding carboxylic acids is 1. The Bertz CT molecular complexity index is 802. The SMILES string of the molecule is Cc1cccc(-n2ncc(C(=O)NC(CF)C(=O)O)c2C(F)(F)F)c1. The van der Waals surface area contributed by atoms with Crippen molar-refractivity contribution in [3.63, 3.8) is 0 Å². The van der Waals surface area contributed by atoms with E-state index in [-0.39, 0.29) is 5.69 Å². The van der Waals surface area contributed by atoms with E-state index in [1.54, 1.807) is 18.3 Å². The number of alkyl halides is 4. The lowest BCUT2D eigenvalue weighted by atomic mass is 10.2. The number of rotatable bonds is 5. The van der Waals surface area contributed by atoms with E-state index in [0.29, 0.717) is 16.4 Å². The number of carboxylic acid groups (broad SMARTS) is 1. The van der Waals surface area contributed by atoms with Gasteiger partial charge in [-0.15, -0.1) is 0 Å². The average molecular weight is 359 g/mol. The van der Waals surface area contributed by atoms with Crippen molar-refractivity contribution >= 4 is 11.9 Å². The van der Waals surface area contributed by atoms with E-state index >= 15 is 0 Å². The fourth-order valence-corrected chi connectivity index (χ4v) is 2.15. The quantitative estimate of drug-likeness (QED) is 0.803. The van der Waals surface area contributed by atoms with Crippen LogP contribution in [0.5, 0.6) is 0 Å². The number of hydrogen-bond acceptors (Lipinski definition) is 3. The van der Waals surface area contributed by atoms with Crippen LogP contribution in [0.1, 0.15) is 21.6 Å². The fourth-order valence-electron chi connectivity index (χ4n) is 2.15. The number of carbonyl (C=O) groups is 2. The normalized spacial score (nSPS) is 12.7. The molecular weight excluding hydrogens is 346 g/mol. The van der Waals surface area contributed by atoms with Gasteiger partial charge in [-0.1, -0.05) is 12.1 Å². The van der Waals surface area contributed by atoms with Crippen LogP contribution in [0, 0.1) is 6.92 Å². The lowest BCUT2D eigenvalue weighted by Gasteiger charge is -2.14. The molecule has 2 N–H and O–H groups in total. The summed E-state index contributed by atoms with van der Waals surface area (Å²) < 4.78 is 53.4. The topological polar surface area (TPSA) is 84.2 Å². The monoisotopic (exact) mass is 359 g/mol. The van der Waals surface area contributed by atoms with E-state index in [1.807, 2.05) is 0 Å². The predicted octanol–water partition coefficient (Wildman–Crippen LogP) is 2.35. The second-order valence-electron chi connectivity index (χ2n) is 5.17. The van der Waals surface area contributed by atoms with E-state index < -0.39 is 42.0 Å². The molecule has 1 aromatic heterocycles. The highest BCUT2D eigenvalue weighted by atomic mass is 19.4. The van der Waals surface area contributed by atoms with Crippen molar-refractivity contribution < 1.29 is 32.3 Å². The summed E-state index contributed by atoms with van der Waals surface area (Å²) in [6, 6.07) is 4.06. The molecule has 0 saturated heterocycles. The minimum absolute atomic E-state index is 0.0756. The molecule has 1 atom stereocenters. The molecule has 0 aliphatic rings. The summed E-state index contributed by atoms with van der Waals surface area (Å²) in [5, 5.41) is 14.0. The summed E-state index contributed by atoms with van der Waals surface area (Å²) in [6.45, 7) is 0.209. The van der Waals surface area contributed by atoms with E-state index in [2.05, 4.69) is 5.10 Å². The molecule has 1 amide bonds. The van der Waals surface area contributed by atoms with Gasteiger partial charge in [0, 0.05) is 0 Å². The van der Waals surface area contributed by atoms with Gasteiger partial charge in [-0.25, -0.2) is 13.9 Å². The zero-order chi connectivity index (χ0) is 18.8. The molecule has 2 rings (SSSR count). The molecule has 0 radical (unpaired) electrons. The van der Waals surface area contributed by atoms with Gasteiger partial charge in [0.2, 0.25) is 0 Å². The Kier molecular flexibility index (Phi) is 5.10. The molecule has 134 valence electrons. The summed E-state index contributed by atoms with van der Waals surface area (Å²) in [4.78, 5) is 22.7. The second kappa shape index (κ2) is 6.91. The highest BCUT2D eigenvalue weighted by Crippen LogP contribution is 2.33. The molecule has 1 unspecified atom stereocenters. The van der Waals surface area contributed by atoms with Crippen LogP contribution in [0.15, 0.2) is 30.5 Å². The van der Waals surface area contributed by atoms with Gasteiger partial charge >= 0.3 is 12.1 Å². The largest absolute Gasteiger partial charge is 0.480 e. The van der Waals surface area contributed by atoms with Crippen LogP contribution >= 0.6 is 0 Å². The average Bonchev–Trinajstić information content (AvgIpc) is 2.97. The van der Waals surface area contributed by atoms with Crippen molar-refractivity contribution in [2.24, 2.45) is 0 Å². The lowest BCUT2D eigenvalue weighted by molar-refractivity contribution is -0.143. The van der Waals surface area contributed by atoms with Crippen LogP contribution in [-0.4, -0.2) is 39.5 Å². The number of carboxylic acids is 1. The molecular formula is C15H13F4N3O3. The maximum atomic E-state index is 13.4. The van der Waals surface area contributed by atoms with Crippen molar-refractivity contribution in [1.29, 1.82) is 0 Å². The van der Waals surface area contributed by atoms with Crippen molar-refractivity contribution in [2.75, 3.05) is 6.67 Å². The molecule has 1 aromatic carbocycles. The van der Waals surface area contributed by atoms with E-state index in [4.69, 9.17) is 5.11 Å². The van der Waals surface area contributed by atoms with E-state index in [0.717, 1.165) is 0 Å². The Hall–Kier alpha value is -2.91. The summed E-state index contributed by atoms with van der Waals surface area (Å²) in [7, 11) is 0. The number of nitrogens with one attached hydrogen (secondary N) is 1. The minimum atomic E-state index is -4.94. The minimum Gasteiger partial charge on any atom is -0.480 e. The maximum Gasteiger partial charge on any atom is 0.434 e. The molecule has 0 aliphatic carbocycles. The van der Waals surface area contributed by atoms with E-state index in [9.17, 15) is 27.2 Å². The first-order chi connectivity index (χ1) is 11.6. The van der Waals surface area contributed by atoms with Crippen LogP contribution in [0.2, 0.25) is 0 Å². The number of aryl methyl sites for hydroxylation is 1. The van der Waals surface area contributed by atoms with Gasteiger partial charge in [-0.3, -0.25) is 4.79 Å². The van der Waals surface area contributed by atoms with E-state index in [1.165, 1.54) is 18.2 Å². The molecule has 6 nitrogen and oxygen atoms in total. The summed E-state index contributed by atoms with van der Waals surface area (Å²) in [5.74, 6) is -3.08. The zero-order valence-corrected chi connectivity index (χ0v) is 12.8. The third-order valence-electron chi connectivity index (χ3n) is 3.29. The number of halogens is 4. The molecule has 25 heavy (non-hydrogen) atoms. The Morgan fingerprint density at radius 3 is 2.56 bits per heavy atom. The van der Waals surface area contributed by atoms with Crippen molar-refractivity contribution in [1.82, 2.24) is 15.1 Å². The van der Waals surface area contributed by atoms with Crippen LogP contribution in [0.3, 0.4) is 0 Å². The Morgan fingerprint density at radius 1 is 1.36 bits per heavy atom. The fraction of sp³-hybridized carbons (Fsp3) is 0.267. The molecule has 0 fully saturated rings. The van der Waals surface area contributed by atoms with Crippen molar-refractivity contribution in [2.45, 2.75) is 19.1 Å². The molecule has 0 bridgehead atoms. The smallest absolute Gasteiger partial charge is 0.434 e. The van der Waals surface area contributed by atoms with Crippen LogP contribution in [0.25, 0.3) is 5.69 Å². The summed E-state index contributed by atoms with van der Waals surface area (Å²) in [5.41, 5.74) is -1.52. The van der Waals surface area contributed by atoms with Crippen LogP contribution in [0.4, 0.5) is 17.6 Å². The van der Waals surface area contributed by atoms with Gasteiger partial charge in [-0.2, -0.15) is 18.3 Å². The second-order valence-corrected chi connectivity index (χ2v) is 5.17. The van der Waals surface area contributed by atoms with Crippen molar-refractivity contribution in [3.8, 4) is 5.69 Å². The van der Waals surface area contributed by atoms with Gasteiger partial charge in [0.1, 0.15) is 6.67 Å². The standard InChI is InChI=1S/C15H13F4N3O3/c1-8-3-2-4-9(5-8)22-12(15(17,18)19)10(7-20-22)13(23)21-11(6-16)14(24)25/h2-5,7,11H,6H2,1H3,(H,21,23)(H,24,25). The Labute approximate surface area is 139 Å². The lowest BCUT2D eigenvalue weighted by Crippen LogP contribution is -2.42. The molecule has 0 aliphatic heterocycles. The third-order valence-corrected chi connectivity index (χ3v) is 3.29. The summed E-state index contributed by atoms with van der Waals surface area (Å²) in [6.07, 6.45) is -4.28. The zero-order valence-electron chi connectivity index (χ0n) is 12.8. The van der Waals surface area contributed by atoms with Crippen LogP contribution < -0.4 is 5.32 Å². The Balaban J connectivity index is 2.50. The molecule has 1 heterocycles. The number of nitrogens with zero attached hydrogens (tertiary/aromatic N) is 2. The number of aromatic nitrogens is 2. The van der Waals surface area contributed by atoms with Gasteiger partial charge < -0.3 is 10.4 Å². The third kappa shape index (κ3) is 3.95. The number of benzene rings is 1. The first-order valence-corrected chi connectivity index (χ1v) is 6.97. The van der Waals surface area contributed by atoms with Gasteiger partial charge in [0.15, 0.2) is 11.7 Å². The van der Waals surface area contributed by atoms with Gasteiger partial charge in [0.25, 0.3) is 5.91 Å². The predicted molar refractivity (Wildman–Crippen MR) is 78.2 cm³/mol. The highest BCUT2D eigenvalue weighted by Gasteiger charge is 2.41. The maximum absolute atomic E-state index is 13.4. The van der Waals surface area contributed by atoms with Crippen LogP contribution in [-0.2, 0) is 11.0 Å². The number of aliphatic carboxylic acids is 1. The summed E-state index contributed by atoms with van der Waals surface area (Å²) >= 11 is 0. The molecule has 0 saturated carbocycles. The van der Waals surface area contributed by atoms with Crippen molar-refractivity contribution in [3.05, 3.63) is 47.3 Å². The first kappa shape index (κ1) is 18.4. The molecule has 0 spiro atoms. The molecule has 10 heteroatoms. The molecule has 2 aromatic rings.